The van der Waals surface area contributed by atoms with E-state index in [2.05, 4.69) is 18.3 Å². The normalized spacial score (nSPS) is 28.2. The van der Waals surface area contributed by atoms with Gasteiger partial charge in [0.1, 0.15) is 0 Å². The third-order valence-electron chi connectivity index (χ3n) is 5.22. The number of fused-ring (bicyclic) bond motifs is 1. The van der Waals surface area contributed by atoms with E-state index in [0.29, 0.717) is 5.92 Å². The maximum Gasteiger partial charge on any atom is 0.410 e. The lowest BCUT2D eigenvalue weighted by atomic mass is 9.53. The minimum absolute atomic E-state index is 0.0162. The van der Waals surface area contributed by atoms with Crippen LogP contribution in [0.15, 0.2) is 11.6 Å². The maximum absolute atomic E-state index is 11.9. The van der Waals surface area contributed by atoms with E-state index in [0.717, 1.165) is 19.3 Å². The Morgan fingerprint density at radius 1 is 1.36 bits per heavy atom. The molecule has 2 aliphatic carbocycles. The summed E-state index contributed by atoms with van der Waals surface area (Å²) in [6, 6.07) is 0. The first kappa shape index (κ1) is 19.3. The van der Waals surface area contributed by atoms with Crippen molar-refractivity contribution < 1.29 is 29.0 Å². The second kappa shape index (κ2) is 7.89. The van der Waals surface area contributed by atoms with E-state index < -0.39 is 29.7 Å². The Morgan fingerprint density at radius 2 is 2.08 bits per heavy atom. The van der Waals surface area contributed by atoms with E-state index in [1.54, 1.807) is 6.92 Å². The highest BCUT2D eigenvalue weighted by atomic mass is 16.7. The van der Waals surface area contributed by atoms with Crippen LogP contribution >= 0.6 is 0 Å². The van der Waals surface area contributed by atoms with Crippen LogP contribution in [-0.4, -0.2) is 36.0 Å². The van der Waals surface area contributed by atoms with E-state index in [9.17, 15) is 19.5 Å². The first-order chi connectivity index (χ1) is 11.8. The fraction of sp³-hybridized carbons (Fsp3) is 0.722. The van der Waals surface area contributed by atoms with E-state index in [1.165, 1.54) is 12.5 Å². The molecule has 0 saturated heterocycles. The molecule has 0 radical (unpaired) electrons. The SMILES string of the molecule is CCC(=O)O[C@H](C)OC(=O)NC[C@]1(CC(=O)O)C[C@@H]2CC(CC)=C[C@H]21. The van der Waals surface area contributed by atoms with Gasteiger partial charge in [0.25, 0.3) is 0 Å². The highest BCUT2D eigenvalue weighted by molar-refractivity contribution is 5.71. The predicted molar refractivity (Wildman–Crippen MR) is 89.6 cm³/mol. The second-order valence-corrected chi connectivity index (χ2v) is 6.98. The molecule has 4 atom stereocenters. The van der Waals surface area contributed by atoms with Crippen LogP contribution < -0.4 is 5.32 Å². The first-order valence-corrected chi connectivity index (χ1v) is 8.85. The lowest BCUT2D eigenvalue weighted by molar-refractivity contribution is -0.164. The molecule has 1 amide bonds. The van der Waals surface area contributed by atoms with Gasteiger partial charge in [0, 0.05) is 25.3 Å². The number of carboxylic acid groups (broad SMARTS) is 1. The van der Waals surface area contributed by atoms with Gasteiger partial charge in [-0.05, 0) is 31.1 Å². The monoisotopic (exact) mass is 353 g/mol. The van der Waals surface area contributed by atoms with Gasteiger partial charge in [-0.2, -0.15) is 0 Å². The Morgan fingerprint density at radius 3 is 2.68 bits per heavy atom. The molecule has 140 valence electrons. The summed E-state index contributed by atoms with van der Waals surface area (Å²) < 4.78 is 9.87. The fourth-order valence-electron chi connectivity index (χ4n) is 4.03. The molecule has 0 aliphatic heterocycles. The summed E-state index contributed by atoms with van der Waals surface area (Å²) in [5.74, 6) is -0.643. The van der Waals surface area contributed by atoms with Crippen LogP contribution in [0.4, 0.5) is 4.79 Å². The smallest absolute Gasteiger partial charge is 0.410 e. The summed E-state index contributed by atoms with van der Waals surface area (Å²) in [7, 11) is 0. The van der Waals surface area contributed by atoms with Gasteiger partial charge >= 0.3 is 18.0 Å². The number of hydrogen-bond acceptors (Lipinski definition) is 5. The van der Waals surface area contributed by atoms with Crippen LogP contribution in [-0.2, 0) is 19.1 Å². The molecule has 0 aromatic heterocycles. The van der Waals surface area contributed by atoms with Crippen LogP contribution in [0.25, 0.3) is 0 Å². The Hall–Kier alpha value is -2.05. The number of nitrogens with one attached hydrogen (secondary N) is 1. The van der Waals surface area contributed by atoms with Crippen molar-refractivity contribution in [3.8, 4) is 0 Å². The molecule has 1 fully saturated rings. The number of carbonyl (C=O) groups is 3. The van der Waals surface area contributed by atoms with E-state index in [1.807, 2.05) is 0 Å². The molecular weight excluding hydrogens is 326 g/mol. The molecule has 0 aromatic carbocycles. The van der Waals surface area contributed by atoms with Crippen LogP contribution in [0.3, 0.4) is 0 Å². The minimum atomic E-state index is -0.977. The minimum Gasteiger partial charge on any atom is -0.481 e. The van der Waals surface area contributed by atoms with E-state index in [4.69, 9.17) is 9.47 Å². The predicted octanol–water partition coefficient (Wildman–Crippen LogP) is 2.85. The molecular formula is C18H27NO6. The fourth-order valence-corrected chi connectivity index (χ4v) is 4.03. The van der Waals surface area contributed by atoms with Crippen molar-refractivity contribution in [1.82, 2.24) is 5.32 Å². The van der Waals surface area contributed by atoms with Crippen LogP contribution in [0.2, 0.25) is 0 Å². The van der Waals surface area contributed by atoms with Crippen LogP contribution in [0, 0.1) is 17.3 Å². The van der Waals surface area contributed by atoms with Crippen LogP contribution in [0.5, 0.6) is 0 Å². The number of carbonyl (C=O) groups excluding carboxylic acids is 2. The van der Waals surface area contributed by atoms with Gasteiger partial charge in [-0.25, -0.2) is 4.79 Å². The summed E-state index contributed by atoms with van der Waals surface area (Å²) in [5, 5.41) is 11.9. The van der Waals surface area contributed by atoms with Crippen LogP contribution in [0.1, 0.15) is 52.9 Å². The number of carboxylic acids is 1. The lowest BCUT2D eigenvalue weighted by Gasteiger charge is -2.51. The number of allylic oxidation sites excluding steroid dienone is 2. The van der Waals surface area contributed by atoms with Crippen molar-refractivity contribution in [2.24, 2.45) is 17.3 Å². The van der Waals surface area contributed by atoms with Gasteiger partial charge in [-0.15, -0.1) is 0 Å². The van der Waals surface area contributed by atoms with Gasteiger partial charge in [0.15, 0.2) is 0 Å². The van der Waals surface area contributed by atoms with Gasteiger partial charge in [0.05, 0.1) is 6.42 Å². The molecule has 7 nitrogen and oxygen atoms in total. The topological polar surface area (TPSA) is 102 Å². The number of aliphatic carboxylic acids is 1. The first-order valence-electron chi connectivity index (χ1n) is 8.85. The Kier molecular flexibility index (Phi) is 6.08. The average Bonchev–Trinajstić information content (AvgIpc) is 2.88. The highest BCUT2D eigenvalue weighted by Crippen LogP contribution is 2.59. The highest BCUT2D eigenvalue weighted by Gasteiger charge is 2.55. The van der Waals surface area contributed by atoms with E-state index in [-0.39, 0.29) is 25.3 Å². The zero-order valence-corrected chi connectivity index (χ0v) is 15.0. The molecule has 2 rings (SSSR count). The molecule has 2 aliphatic rings. The number of alkyl carbamates (subject to hydrolysis) is 1. The van der Waals surface area contributed by atoms with Gasteiger partial charge < -0.3 is 19.9 Å². The molecule has 1 saturated carbocycles. The summed E-state index contributed by atoms with van der Waals surface area (Å²) in [5.41, 5.74) is 0.903. The number of hydrogen-bond donors (Lipinski definition) is 2. The molecule has 0 heterocycles. The number of ether oxygens (including phenoxy) is 2. The third kappa shape index (κ3) is 4.52. The van der Waals surface area contributed by atoms with Gasteiger partial charge in [0.2, 0.25) is 6.29 Å². The Labute approximate surface area is 147 Å². The number of rotatable bonds is 8. The summed E-state index contributed by atoms with van der Waals surface area (Å²) >= 11 is 0. The Bertz CT molecular complexity index is 572. The standard InChI is InChI=1S/C18H27NO6/c1-4-12-6-13-8-18(9-15(20)21,14(13)7-12)10-19-17(23)25-11(3)24-16(22)5-2/h7,11,13-14H,4-6,8-10H2,1-3H3,(H,19,23)(H,20,21)/t11-,13-,14+,18+/m0/s1. The molecule has 2 N–H and O–H groups in total. The molecule has 0 unspecified atom stereocenters. The molecule has 7 heteroatoms. The maximum atomic E-state index is 11.9. The summed E-state index contributed by atoms with van der Waals surface area (Å²) in [6.45, 7) is 5.45. The molecule has 0 aromatic rings. The quantitative estimate of drug-likeness (QED) is 0.395. The zero-order valence-electron chi connectivity index (χ0n) is 15.0. The molecule has 0 bridgehead atoms. The number of esters is 1. The van der Waals surface area contributed by atoms with Crippen molar-refractivity contribution in [3.63, 3.8) is 0 Å². The van der Waals surface area contributed by atoms with Crippen molar-refractivity contribution in [2.45, 2.75) is 59.2 Å². The van der Waals surface area contributed by atoms with E-state index >= 15 is 0 Å². The van der Waals surface area contributed by atoms with Gasteiger partial charge in [-0.1, -0.05) is 25.5 Å². The van der Waals surface area contributed by atoms with Crippen molar-refractivity contribution in [1.29, 1.82) is 0 Å². The molecule has 25 heavy (non-hydrogen) atoms. The Balaban J connectivity index is 1.91. The summed E-state index contributed by atoms with van der Waals surface area (Å²) in [4.78, 5) is 34.4. The summed E-state index contributed by atoms with van der Waals surface area (Å²) in [6.07, 6.45) is 3.51. The van der Waals surface area contributed by atoms with Gasteiger partial charge in [-0.3, -0.25) is 9.59 Å². The van der Waals surface area contributed by atoms with Crippen molar-refractivity contribution in [3.05, 3.63) is 11.6 Å². The largest absolute Gasteiger partial charge is 0.481 e. The lowest BCUT2D eigenvalue weighted by Crippen LogP contribution is -2.53. The molecule has 0 spiro atoms. The zero-order chi connectivity index (χ0) is 18.6. The third-order valence-corrected chi connectivity index (χ3v) is 5.22. The van der Waals surface area contributed by atoms with Crippen molar-refractivity contribution in [2.75, 3.05) is 6.54 Å². The number of amides is 1. The second-order valence-electron chi connectivity index (χ2n) is 6.98. The van der Waals surface area contributed by atoms with Crippen molar-refractivity contribution >= 4 is 18.0 Å². The average molecular weight is 353 g/mol.